The topological polar surface area (TPSA) is 71.1 Å². The molecule has 34 heavy (non-hydrogen) atoms. The average molecular weight is 536 g/mol. The van der Waals surface area contributed by atoms with E-state index in [-0.39, 0.29) is 18.8 Å². The summed E-state index contributed by atoms with van der Waals surface area (Å²) >= 11 is 3.43. The molecule has 0 spiro atoms. The molecule has 7 nitrogen and oxygen atoms in total. The third-order valence-electron chi connectivity index (χ3n) is 5.23. The normalized spacial score (nSPS) is 15.6. The fourth-order valence-corrected chi connectivity index (χ4v) is 3.91. The molecule has 184 valence electrons. The van der Waals surface area contributed by atoms with Crippen LogP contribution in [0.1, 0.15) is 31.9 Å². The van der Waals surface area contributed by atoms with Gasteiger partial charge in [0.2, 0.25) is 5.91 Å². The molecule has 2 aromatic rings. The Kier molecular flexibility index (Phi) is 8.20. The second-order valence-electron chi connectivity index (χ2n) is 9.52. The van der Waals surface area contributed by atoms with Crippen LogP contribution in [-0.4, -0.2) is 60.7 Å². The predicted octanol–water partition coefficient (Wildman–Crippen LogP) is 4.83. The van der Waals surface area contributed by atoms with Crippen molar-refractivity contribution >= 4 is 33.6 Å². The maximum Gasteiger partial charge on any atom is 0.411 e. The van der Waals surface area contributed by atoms with Crippen LogP contribution in [0.25, 0.3) is 0 Å². The van der Waals surface area contributed by atoms with Crippen molar-refractivity contribution in [1.82, 2.24) is 9.80 Å². The summed E-state index contributed by atoms with van der Waals surface area (Å²) in [7, 11) is 3.89. The summed E-state index contributed by atoms with van der Waals surface area (Å²) in [6.07, 6.45) is -0.424. The zero-order chi connectivity index (χ0) is 25.0. The molecule has 3 rings (SSSR count). The van der Waals surface area contributed by atoms with Crippen LogP contribution in [0, 0.1) is 5.82 Å². The number of halogens is 2. The number of benzene rings is 2. The smallest absolute Gasteiger partial charge is 0.411 e. The zero-order valence-electron chi connectivity index (χ0n) is 20.2. The Balaban J connectivity index is 1.86. The first-order valence-corrected chi connectivity index (χ1v) is 11.9. The number of hydrogen-bond acceptors (Lipinski definition) is 5. The number of nitrogens with zero attached hydrogens (tertiary/aromatic N) is 2. The fourth-order valence-electron chi connectivity index (χ4n) is 3.57. The van der Waals surface area contributed by atoms with Crippen molar-refractivity contribution in [1.29, 1.82) is 0 Å². The molecule has 1 aliphatic heterocycles. The first-order chi connectivity index (χ1) is 15.9. The number of carbonyl (C=O) groups is 2. The molecule has 0 aliphatic carbocycles. The van der Waals surface area contributed by atoms with E-state index in [0.29, 0.717) is 30.2 Å². The van der Waals surface area contributed by atoms with E-state index in [1.807, 2.05) is 19.0 Å². The van der Waals surface area contributed by atoms with Gasteiger partial charge < -0.3 is 19.7 Å². The van der Waals surface area contributed by atoms with Gasteiger partial charge in [-0.1, -0.05) is 22.0 Å². The van der Waals surface area contributed by atoms with Crippen molar-refractivity contribution in [2.24, 2.45) is 0 Å². The number of anilines is 1. The van der Waals surface area contributed by atoms with Crippen LogP contribution in [0.3, 0.4) is 0 Å². The summed E-state index contributed by atoms with van der Waals surface area (Å²) in [5.41, 5.74) is 1.24. The Morgan fingerprint density at radius 1 is 1.18 bits per heavy atom. The van der Waals surface area contributed by atoms with E-state index in [9.17, 15) is 14.0 Å². The highest BCUT2D eigenvalue weighted by Gasteiger charge is 2.37. The van der Waals surface area contributed by atoms with Crippen LogP contribution in [0.15, 0.2) is 40.9 Å². The third kappa shape index (κ3) is 6.93. The largest absolute Gasteiger partial charge is 0.490 e. The molecule has 9 heteroatoms. The van der Waals surface area contributed by atoms with Crippen molar-refractivity contribution in [3.63, 3.8) is 0 Å². The minimum atomic E-state index is -0.873. The molecule has 0 radical (unpaired) electrons. The van der Waals surface area contributed by atoms with Gasteiger partial charge in [0.25, 0.3) is 0 Å². The van der Waals surface area contributed by atoms with E-state index >= 15 is 0 Å². The minimum absolute atomic E-state index is 0.148. The van der Waals surface area contributed by atoms with Gasteiger partial charge in [-0.15, -0.1) is 0 Å². The molecule has 0 fully saturated rings. The van der Waals surface area contributed by atoms with Gasteiger partial charge in [0.05, 0.1) is 12.2 Å². The van der Waals surface area contributed by atoms with Crippen molar-refractivity contribution in [3.05, 3.63) is 57.8 Å². The third-order valence-corrected chi connectivity index (χ3v) is 5.72. The van der Waals surface area contributed by atoms with E-state index < -0.39 is 23.6 Å². The SMILES string of the molecule is CN(C)CCOc1cc(Br)ccc1NC(=O)[C@H]1Cc2cc(F)ccc2CN1C(=O)OC(C)(C)C. The highest BCUT2D eigenvalue weighted by Crippen LogP contribution is 2.31. The van der Waals surface area contributed by atoms with Gasteiger partial charge in [-0.05, 0) is 76.3 Å². The summed E-state index contributed by atoms with van der Waals surface area (Å²) in [6, 6.07) is 8.85. The number of hydrogen-bond donors (Lipinski definition) is 1. The van der Waals surface area contributed by atoms with Gasteiger partial charge in [0.15, 0.2) is 0 Å². The Morgan fingerprint density at radius 3 is 2.59 bits per heavy atom. The summed E-state index contributed by atoms with van der Waals surface area (Å²) in [5, 5.41) is 2.90. The van der Waals surface area contributed by atoms with E-state index in [0.717, 1.165) is 10.0 Å². The van der Waals surface area contributed by atoms with Crippen LogP contribution in [0.4, 0.5) is 14.9 Å². The van der Waals surface area contributed by atoms with E-state index in [1.165, 1.54) is 17.0 Å². The summed E-state index contributed by atoms with van der Waals surface area (Å²) in [5.74, 6) is -0.274. The molecule has 0 saturated carbocycles. The summed E-state index contributed by atoms with van der Waals surface area (Å²) in [4.78, 5) is 29.8. The maximum absolute atomic E-state index is 13.9. The molecule has 1 heterocycles. The maximum atomic E-state index is 13.9. The lowest BCUT2D eigenvalue weighted by atomic mass is 9.93. The standard InChI is InChI=1S/C25H31BrFN3O4/c1-25(2,3)34-24(32)30-15-16-6-8-19(27)12-17(16)13-21(30)23(31)28-20-9-7-18(26)14-22(20)33-11-10-29(4)5/h6-9,12,14,21H,10-11,13,15H2,1-5H3,(H,28,31)/t21-/m1/s1. The Labute approximate surface area is 208 Å². The van der Waals surface area contributed by atoms with E-state index in [2.05, 4.69) is 21.2 Å². The second kappa shape index (κ2) is 10.7. The molecule has 1 atom stereocenters. The Morgan fingerprint density at radius 2 is 1.91 bits per heavy atom. The van der Waals surface area contributed by atoms with Crippen LogP contribution in [0.2, 0.25) is 0 Å². The van der Waals surface area contributed by atoms with E-state index in [4.69, 9.17) is 9.47 Å². The molecular formula is C25H31BrFN3O4. The first-order valence-electron chi connectivity index (χ1n) is 11.1. The lowest BCUT2D eigenvalue weighted by Crippen LogP contribution is -2.52. The molecule has 1 aliphatic rings. The molecule has 2 amide bonds. The summed E-state index contributed by atoms with van der Waals surface area (Å²) in [6.45, 7) is 6.60. The van der Waals surface area contributed by atoms with Gasteiger partial charge in [0.1, 0.15) is 29.8 Å². The molecule has 0 bridgehead atoms. The van der Waals surface area contributed by atoms with Crippen molar-refractivity contribution in [2.75, 3.05) is 32.6 Å². The molecule has 0 aromatic heterocycles. The molecule has 0 saturated heterocycles. The van der Waals surface area contributed by atoms with Crippen LogP contribution in [0.5, 0.6) is 5.75 Å². The number of likely N-dealkylation sites (N-methyl/N-ethyl adjacent to an activating group) is 1. The average Bonchev–Trinajstić information content (AvgIpc) is 2.73. The van der Waals surface area contributed by atoms with Crippen molar-refractivity contribution < 1.29 is 23.5 Å². The lowest BCUT2D eigenvalue weighted by molar-refractivity contribution is -0.121. The number of ether oxygens (including phenoxy) is 2. The Bertz CT molecular complexity index is 1050. The van der Waals surface area contributed by atoms with Gasteiger partial charge in [-0.2, -0.15) is 0 Å². The van der Waals surface area contributed by atoms with Gasteiger partial charge in [-0.25, -0.2) is 9.18 Å². The quantitative estimate of drug-likeness (QED) is 0.573. The lowest BCUT2D eigenvalue weighted by Gasteiger charge is -2.37. The number of fused-ring (bicyclic) bond motifs is 1. The van der Waals surface area contributed by atoms with Crippen molar-refractivity contribution in [3.8, 4) is 5.75 Å². The van der Waals surface area contributed by atoms with Crippen LogP contribution < -0.4 is 10.1 Å². The molecule has 2 aromatic carbocycles. The minimum Gasteiger partial charge on any atom is -0.490 e. The van der Waals surface area contributed by atoms with Gasteiger partial charge in [0, 0.05) is 17.4 Å². The zero-order valence-corrected chi connectivity index (χ0v) is 21.7. The van der Waals surface area contributed by atoms with Gasteiger partial charge in [-0.3, -0.25) is 9.69 Å². The molecular weight excluding hydrogens is 505 g/mol. The highest BCUT2D eigenvalue weighted by molar-refractivity contribution is 9.10. The fraction of sp³-hybridized carbons (Fsp3) is 0.440. The van der Waals surface area contributed by atoms with E-state index in [1.54, 1.807) is 45.0 Å². The summed E-state index contributed by atoms with van der Waals surface area (Å²) < 4.78 is 26.1. The molecule has 0 unspecified atom stereocenters. The van der Waals surface area contributed by atoms with Gasteiger partial charge >= 0.3 is 6.09 Å². The first kappa shape index (κ1) is 26.0. The van der Waals surface area contributed by atoms with Crippen molar-refractivity contribution in [2.45, 2.75) is 45.4 Å². The number of carbonyl (C=O) groups excluding carboxylic acids is 2. The molecule has 1 N–H and O–H groups in total. The predicted molar refractivity (Wildman–Crippen MR) is 132 cm³/mol. The number of nitrogens with one attached hydrogen (secondary N) is 1. The second-order valence-corrected chi connectivity index (χ2v) is 10.4. The highest BCUT2D eigenvalue weighted by atomic mass is 79.9. The Hall–Kier alpha value is -2.65. The number of amides is 2. The monoisotopic (exact) mass is 535 g/mol. The van der Waals surface area contributed by atoms with Crippen LogP contribution >= 0.6 is 15.9 Å². The van der Waals surface area contributed by atoms with Crippen LogP contribution in [-0.2, 0) is 22.5 Å². The number of rotatable bonds is 6.